The van der Waals surface area contributed by atoms with Crippen molar-refractivity contribution in [1.82, 2.24) is 9.21 Å². The summed E-state index contributed by atoms with van der Waals surface area (Å²) in [5, 5.41) is 0. The van der Waals surface area contributed by atoms with Crippen LogP contribution in [0.3, 0.4) is 0 Å². The predicted molar refractivity (Wildman–Crippen MR) is 114 cm³/mol. The molecule has 8 heteroatoms. The summed E-state index contributed by atoms with van der Waals surface area (Å²) in [6.45, 7) is 5.23. The Morgan fingerprint density at radius 2 is 1.53 bits per heavy atom. The molecule has 0 N–H and O–H groups in total. The van der Waals surface area contributed by atoms with Crippen molar-refractivity contribution >= 4 is 21.6 Å². The quantitative estimate of drug-likeness (QED) is 0.747. The van der Waals surface area contributed by atoms with Gasteiger partial charge in [-0.05, 0) is 61.7 Å². The second-order valence-corrected chi connectivity index (χ2v) is 9.78. The first-order valence-electron chi connectivity index (χ1n) is 10.3. The summed E-state index contributed by atoms with van der Waals surface area (Å²) < 4.78 is 40.4. The third-order valence-corrected chi connectivity index (χ3v) is 7.80. The minimum absolute atomic E-state index is 0.148. The molecular weight excluding hydrogens is 405 g/mol. The summed E-state index contributed by atoms with van der Waals surface area (Å²) in [5.74, 6) is -0.420. The second-order valence-electron chi connectivity index (χ2n) is 7.84. The Morgan fingerprint density at radius 1 is 0.900 bits per heavy atom. The molecule has 0 spiro atoms. The van der Waals surface area contributed by atoms with Crippen molar-refractivity contribution in [3.8, 4) is 0 Å². The number of aryl methyl sites for hydroxylation is 1. The van der Waals surface area contributed by atoms with Crippen LogP contribution in [0, 0.1) is 12.7 Å². The van der Waals surface area contributed by atoms with Crippen LogP contribution in [0.25, 0.3) is 0 Å². The summed E-state index contributed by atoms with van der Waals surface area (Å²) in [6.07, 6.45) is 1.74. The molecule has 2 aliphatic heterocycles. The van der Waals surface area contributed by atoms with E-state index in [4.69, 9.17) is 0 Å². The van der Waals surface area contributed by atoms with Gasteiger partial charge < -0.3 is 9.80 Å². The number of amides is 1. The van der Waals surface area contributed by atoms with E-state index in [0.717, 1.165) is 24.1 Å². The van der Waals surface area contributed by atoms with E-state index in [1.807, 2.05) is 6.92 Å². The monoisotopic (exact) mass is 431 g/mol. The maximum absolute atomic E-state index is 13.2. The molecule has 2 fully saturated rings. The molecular formula is C22H26FN3O3S. The number of hydrogen-bond donors (Lipinski definition) is 0. The number of rotatable bonds is 4. The molecule has 30 heavy (non-hydrogen) atoms. The number of hydrogen-bond acceptors (Lipinski definition) is 4. The highest BCUT2D eigenvalue weighted by atomic mass is 32.2. The summed E-state index contributed by atoms with van der Waals surface area (Å²) in [5.41, 5.74) is 2.13. The summed E-state index contributed by atoms with van der Waals surface area (Å²) >= 11 is 0. The number of halogens is 1. The van der Waals surface area contributed by atoms with Gasteiger partial charge >= 0.3 is 0 Å². The van der Waals surface area contributed by atoms with E-state index >= 15 is 0 Å². The SMILES string of the molecule is Cc1ccc(S(=O)(=O)N2CCCC2)cc1C(=O)N1CCN(c2ccc(F)cc2)CC1. The number of carbonyl (C=O) groups is 1. The third kappa shape index (κ3) is 4.06. The van der Waals surface area contributed by atoms with Gasteiger partial charge in [0, 0.05) is 50.5 Å². The number of benzene rings is 2. The predicted octanol–water partition coefficient (Wildman–Crippen LogP) is 2.88. The van der Waals surface area contributed by atoms with Crippen molar-refractivity contribution in [2.24, 2.45) is 0 Å². The number of sulfonamides is 1. The molecule has 2 aromatic carbocycles. The van der Waals surface area contributed by atoms with E-state index in [1.165, 1.54) is 22.5 Å². The first-order chi connectivity index (χ1) is 14.4. The molecule has 0 unspecified atom stereocenters. The summed E-state index contributed by atoms with van der Waals surface area (Å²) in [6, 6.07) is 11.2. The minimum atomic E-state index is -3.57. The van der Waals surface area contributed by atoms with Crippen LogP contribution in [-0.4, -0.2) is 62.8 Å². The zero-order chi connectivity index (χ0) is 21.3. The van der Waals surface area contributed by atoms with E-state index in [9.17, 15) is 17.6 Å². The first-order valence-corrected chi connectivity index (χ1v) is 11.7. The van der Waals surface area contributed by atoms with Gasteiger partial charge in [0.2, 0.25) is 10.0 Å². The van der Waals surface area contributed by atoms with Crippen LogP contribution >= 0.6 is 0 Å². The van der Waals surface area contributed by atoms with Crippen LogP contribution < -0.4 is 4.90 Å². The van der Waals surface area contributed by atoms with Gasteiger partial charge in [0.25, 0.3) is 5.91 Å². The van der Waals surface area contributed by atoms with Gasteiger partial charge in [-0.1, -0.05) is 6.07 Å². The Kier molecular flexibility index (Phi) is 5.79. The summed E-state index contributed by atoms with van der Waals surface area (Å²) in [7, 11) is -3.57. The van der Waals surface area contributed by atoms with Gasteiger partial charge in [-0.15, -0.1) is 0 Å². The molecule has 4 rings (SSSR count). The molecule has 2 heterocycles. The minimum Gasteiger partial charge on any atom is -0.368 e. The molecule has 0 radical (unpaired) electrons. The fourth-order valence-corrected chi connectivity index (χ4v) is 5.60. The van der Waals surface area contributed by atoms with Gasteiger partial charge in [-0.2, -0.15) is 4.31 Å². The van der Waals surface area contributed by atoms with Crippen molar-refractivity contribution in [1.29, 1.82) is 0 Å². The summed E-state index contributed by atoms with van der Waals surface area (Å²) in [4.78, 5) is 17.2. The molecule has 6 nitrogen and oxygen atoms in total. The van der Waals surface area contributed by atoms with Crippen LogP contribution in [0.15, 0.2) is 47.4 Å². The van der Waals surface area contributed by atoms with E-state index in [0.29, 0.717) is 44.8 Å². The highest BCUT2D eigenvalue weighted by molar-refractivity contribution is 7.89. The Morgan fingerprint density at radius 3 is 2.17 bits per heavy atom. The number of carbonyl (C=O) groups excluding carboxylic acids is 1. The van der Waals surface area contributed by atoms with E-state index in [-0.39, 0.29) is 16.6 Å². The van der Waals surface area contributed by atoms with E-state index < -0.39 is 10.0 Å². The molecule has 0 bridgehead atoms. The fourth-order valence-electron chi connectivity index (χ4n) is 4.06. The number of nitrogens with zero attached hydrogens (tertiary/aromatic N) is 3. The van der Waals surface area contributed by atoms with Crippen LogP contribution in [0.4, 0.5) is 10.1 Å². The van der Waals surface area contributed by atoms with Crippen LogP contribution in [0.1, 0.15) is 28.8 Å². The molecule has 0 aliphatic carbocycles. The van der Waals surface area contributed by atoms with Gasteiger partial charge in [0.15, 0.2) is 0 Å². The molecule has 0 aromatic heterocycles. The normalized spacial score (nSPS) is 18.1. The molecule has 1 amide bonds. The lowest BCUT2D eigenvalue weighted by molar-refractivity contribution is 0.0746. The lowest BCUT2D eigenvalue weighted by Crippen LogP contribution is -2.49. The Labute approximate surface area is 176 Å². The number of piperazine rings is 1. The second kappa shape index (κ2) is 8.35. The van der Waals surface area contributed by atoms with Crippen LogP contribution in [-0.2, 0) is 10.0 Å². The highest BCUT2D eigenvalue weighted by Crippen LogP contribution is 2.24. The van der Waals surface area contributed by atoms with Crippen molar-refractivity contribution in [2.75, 3.05) is 44.2 Å². The Hall–Kier alpha value is -2.45. The van der Waals surface area contributed by atoms with Crippen molar-refractivity contribution in [3.63, 3.8) is 0 Å². The molecule has 2 saturated heterocycles. The van der Waals surface area contributed by atoms with Gasteiger partial charge in [0.05, 0.1) is 4.90 Å². The average Bonchev–Trinajstić information content (AvgIpc) is 3.30. The zero-order valence-electron chi connectivity index (χ0n) is 17.1. The third-order valence-electron chi connectivity index (χ3n) is 5.90. The smallest absolute Gasteiger partial charge is 0.254 e. The standard InChI is InChI=1S/C22H26FN3O3S/c1-17-4-9-20(30(28,29)26-10-2-3-11-26)16-21(17)22(27)25-14-12-24(13-15-25)19-7-5-18(23)6-8-19/h4-9,16H,2-3,10-15H2,1H3. The molecule has 160 valence electrons. The Balaban J connectivity index is 1.49. The maximum atomic E-state index is 13.2. The largest absolute Gasteiger partial charge is 0.368 e. The van der Waals surface area contributed by atoms with Crippen molar-refractivity contribution in [3.05, 3.63) is 59.4 Å². The Bertz CT molecular complexity index is 1030. The van der Waals surface area contributed by atoms with E-state index in [2.05, 4.69) is 4.90 Å². The molecule has 2 aromatic rings. The highest BCUT2D eigenvalue weighted by Gasteiger charge is 2.29. The molecule has 2 aliphatic rings. The van der Waals surface area contributed by atoms with Gasteiger partial charge in [-0.25, -0.2) is 12.8 Å². The lowest BCUT2D eigenvalue weighted by Gasteiger charge is -2.36. The molecule has 0 atom stereocenters. The first kappa shape index (κ1) is 20.8. The topological polar surface area (TPSA) is 60.9 Å². The van der Waals surface area contributed by atoms with Crippen LogP contribution in [0.2, 0.25) is 0 Å². The zero-order valence-corrected chi connectivity index (χ0v) is 17.9. The van der Waals surface area contributed by atoms with Gasteiger partial charge in [-0.3, -0.25) is 4.79 Å². The van der Waals surface area contributed by atoms with Gasteiger partial charge in [0.1, 0.15) is 5.82 Å². The lowest BCUT2D eigenvalue weighted by atomic mass is 10.1. The fraction of sp³-hybridized carbons (Fsp3) is 0.409. The maximum Gasteiger partial charge on any atom is 0.254 e. The number of anilines is 1. The van der Waals surface area contributed by atoms with E-state index in [1.54, 1.807) is 29.2 Å². The molecule has 0 saturated carbocycles. The van der Waals surface area contributed by atoms with Crippen LogP contribution in [0.5, 0.6) is 0 Å². The average molecular weight is 432 g/mol. The van der Waals surface area contributed by atoms with Crippen molar-refractivity contribution in [2.45, 2.75) is 24.7 Å². The van der Waals surface area contributed by atoms with Crippen molar-refractivity contribution < 1.29 is 17.6 Å².